The van der Waals surface area contributed by atoms with Crippen LogP contribution in [0.1, 0.15) is 53.2 Å². The highest BCUT2D eigenvalue weighted by atomic mass is 35.5. The standard InChI is InChI=1S/C30H29Cl3N3O2P.C2H6.CH5N/c1-29(2,3)35-13-11-30(17-37,12-14-35)25-16-21(19-8-7-18(39)15-24(19)33)20-9-10-26(38)36(28(20)34-25)27-22(31)5-4-6-23(27)32;2*1-2/h4-10,15-17H,11-14,39H2,1-3H3;1-2H3;2H2,1H3. The Morgan fingerprint density at radius 1 is 0.907 bits per heavy atom. The van der Waals surface area contributed by atoms with Crippen LogP contribution in [-0.2, 0) is 10.2 Å². The maximum Gasteiger partial charge on any atom is 0.256 e. The summed E-state index contributed by atoms with van der Waals surface area (Å²) in [7, 11) is 4.15. The van der Waals surface area contributed by atoms with E-state index < -0.39 is 5.41 Å². The molecule has 230 valence electrons. The largest absolute Gasteiger partial charge is 0.333 e. The number of benzene rings is 2. The molecule has 1 aliphatic heterocycles. The summed E-state index contributed by atoms with van der Waals surface area (Å²) in [6.45, 7) is 12.0. The van der Waals surface area contributed by atoms with Crippen LogP contribution >= 0.6 is 44.0 Å². The number of hydrogen-bond acceptors (Lipinski definition) is 5. The molecular weight excluding hydrogens is 622 g/mol. The minimum atomic E-state index is -0.821. The van der Waals surface area contributed by atoms with Gasteiger partial charge in [-0.2, -0.15) is 0 Å². The van der Waals surface area contributed by atoms with Crippen molar-refractivity contribution in [1.82, 2.24) is 14.5 Å². The topological polar surface area (TPSA) is 81.2 Å². The van der Waals surface area contributed by atoms with Crippen molar-refractivity contribution in [3.05, 3.63) is 85.7 Å². The third-order valence-electron chi connectivity index (χ3n) is 7.65. The molecule has 0 saturated carbocycles. The number of para-hydroxylation sites is 1. The first-order chi connectivity index (χ1) is 20.4. The van der Waals surface area contributed by atoms with Gasteiger partial charge in [-0.25, -0.2) is 4.98 Å². The average Bonchev–Trinajstić information content (AvgIpc) is 2.99. The Morgan fingerprint density at radius 3 is 2.05 bits per heavy atom. The van der Waals surface area contributed by atoms with E-state index in [1.807, 2.05) is 38.1 Å². The van der Waals surface area contributed by atoms with E-state index in [4.69, 9.17) is 39.8 Å². The Balaban J connectivity index is 0.00000121. The summed E-state index contributed by atoms with van der Waals surface area (Å²) in [6, 6.07) is 16.0. The number of aldehydes is 1. The van der Waals surface area contributed by atoms with Crippen LogP contribution in [0, 0.1) is 0 Å². The van der Waals surface area contributed by atoms with Gasteiger partial charge in [0.1, 0.15) is 11.9 Å². The molecule has 3 heterocycles. The smallest absolute Gasteiger partial charge is 0.256 e. The summed E-state index contributed by atoms with van der Waals surface area (Å²) in [4.78, 5) is 33.7. The molecular formula is C33H40Cl3N4O2P. The quantitative estimate of drug-likeness (QED) is 0.182. The Bertz CT molecular complexity index is 1640. The molecule has 6 nitrogen and oxygen atoms in total. The third kappa shape index (κ3) is 7.17. The lowest BCUT2D eigenvalue weighted by molar-refractivity contribution is -0.115. The van der Waals surface area contributed by atoms with Crippen LogP contribution in [0.25, 0.3) is 27.8 Å². The molecule has 1 atom stereocenters. The lowest BCUT2D eigenvalue weighted by Crippen LogP contribution is -2.51. The third-order valence-corrected chi connectivity index (χ3v) is 8.93. The monoisotopic (exact) mass is 660 g/mol. The van der Waals surface area contributed by atoms with Gasteiger partial charge in [-0.15, -0.1) is 9.24 Å². The minimum absolute atomic E-state index is 0.00819. The zero-order valence-corrected chi connectivity index (χ0v) is 29.0. The van der Waals surface area contributed by atoms with E-state index in [0.717, 1.165) is 35.8 Å². The zero-order chi connectivity index (χ0) is 32.1. The molecule has 5 rings (SSSR count). The van der Waals surface area contributed by atoms with Crippen LogP contribution < -0.4 is 16.6 Å². The molecule has 0 amide bonds. The second-order valence-electron chi connectivity index (χ2n) is 11.0. The van der Waals surface area contributed by atoms with Gasteiger partial charge in [0.25, 0.3) is 5.56 Å². The maximum absolute atomic E-state index is 13.4. The Kier molecular flexibility index (Phi) is 12.0. The van der Waals surface area contributed by atoms with E-state index in [9.17, 15) is 9.59 Å². The predicted molar refractivity (Wildman–Crippen MR) is 187 cm³/mol. The Hall–Kier alpha value is -2.31. The van der Waals surface area contributed by atoms with Crippen LogP contribution in [0.2, 0.25) is 15.1 Å². The number of hydrogen-bond donors (Lipinski definition) is 1. The fraction of sp³-hybridized carbons (Fsp3) is 0.364. The van der Waals surface area contributed by atoms with Gasteiger partial charge in [0.15, 0.2) is 0 Å². The van der Waals surface area contributed by atoms with Crippen molar-refractivity contribution in [2.75, 3.05) is 20.1 Å². The fourth-order valence-corrected chi connectivity index (χ4v) is 6.59. The van der Waals surface area contributed by atoms with Crippen LogP contribution in [0.15, 0.2) is 59.4 Å². The van der Waals surface area contributed by atoms with Gasteiger partial charge in [-0.05, 0) is 94.9 Å². The van der Waals surface area contributed by atoms with Crippen LogP contribution in [-0.4, -0.2) is 46.4 Å². The number of piperidine rings is 1. The van der Waals surface area contributed by atoms with E-state index in [1.165, 1.54) is 17.7 Å². The summed E-state index contributed by atoms with van der Waals surface area (Å²) in [5, 5.41) is 2.83. The van der Waals surface area contributed by atoms with Crippen molar-refractivity contribution in [1.29, 1.82) is 0 Å². The van der Waals surface area contributed by atoms with Crippen molar-refractivity contribution < 1.29 is 4.79 Å². The van der Waals surface area contributed by atoms with Gasteiger partial charge in [0.05, 0.1) is 26.8 Å². The number of pyridine rings is 2. The summed E-state index contributed by atoms with van der Waals surface area (Å²) >= 11 is 19.9. The number of fused-ring (bicyclic) bond motifs is 1. The van der Waals surface area contributed by atoms with Crippen LogP contribution in [0.5, 0.6) is 0 Å². The molecule has 0 spiro atoms. The van der Waals surface area contributed by atoms with Crippen LogP contribution in [0.3, 0.4) is 0 Å². The van der Waals surface area contributed by atoms with Crippen molar-refractivity contribution in [3.8, 4) is 16.8 Å². The van der Waals surface area contributed by atoms with E-state index in [2.05, 4.69) is 40.6 Å². The molecule has 0 aliphatic carbocycles. The second kappa shape index (κ2) is 14.6. The highest BCUT2D eigenvalue weighted by Crippen LogP contribution is 2.41. The Morgan fingerprint density at radius 2 is 1.51 bits per heavy atom. The first-order valence-corrected chi connectivity index (χ1v) is 16.0. The number of carbonyl (C=O) groups is 1. The minimum Gasteiger partial charge on any atom is -0.333 e. The number of carbonyl (C=O) groups excluding carboxylic acids is 1. The summed E-state index contributed by atoms with van der Waals surface area (Å²) in [5.41, 5.74) is 6.22. The number of aromatic nitrogens is 2. The number of nitrogens with zero attached hydrogens (tertiary/aromatic N) is 3. The second-order valence-corrected chi connectivity index (χ2v) is 12.9. The lowest BCUT2D eigenvalue weighted by Gasteiger charge is -2.44. The van der Waals surface area contributed by atoms with Crippen molar-refractivity contribution in [2.45, 2.75) is 58.4 Å². The number of halogens is 3. The summed E-state index contributed by atoms with van der Waals surface area (Å²) in [5.74, 6) is 0. The molecule has 2 N–H and O–H groups in total. The van der Waals surface area contributed by atoms with Crippen molar-refractivity contribution in [3.63, 3.8) is 0 Å². The van der Waals surface area contributed by atoms with Crippen LogP contribution in [0.4, 0.5) is 0 Å². The number of rotatable bonds is 4. The molecule has 43 heavy (non-hydrogen) atoms. The average molecular weight is 662 g/mol. The molecule has 1 fully saturated rings. The molecule has 1 aliphatic rings. The van der Waals surface area contributed by atoms with E-state index in [1.54, 1.807) is 24.3 Å². The molecule has 0 bridgehead atoms. The van der Waals surface area contributed by atoms with Gasteiger partial charge in [0, 0.05) is 27.6 Å². The van der Waals surface area contributed by atoms with Crippen molar-refractivity contribution >= 4 is 66.7 Å². The SMILES string of the molecule is CC.CC(C)(C)N1CCC(C=O)(c2cc(-c3ccc(P)cc3Cl)c3ccc(=O)n(-c4c(Cl)cccc4Cl)c3n2)CC1.CN. The van der Waals surface area contributed by atoms with E-state index >= 15 is 0 Å². The lowest BCUT2D eigenvalue weighted by atomic mass is 9.75. The molecule has 4 aromatic rings. The van der Waals surface area contributed by atoms with E-state index in [-0.39, 0.29) is 11.1 Å². The first-order valence-electron chi connectivity index (χ1n) is 14.3. The molecule has 10 heteroatoms. The zero-order valence-electron chi connectivity index (χ0n) is 25.5. The molecule has 2 aromatic carbocycles. The highest BCUT2D eigenvalue weighted by molar-refractivity contribution is 7.27. The van der Waals surface area contributed by atoms with Gasteiger partial charge >= 0.3 is 0 Å². The maximum atomic E-state index is 13.4. The summed E-state index contributed by atoms with van der Waals surface area (Å²) < 4.78 is 1.44. The molecule has 2 aromatic heterocycles. The first kappa shape index (κ1) is 35.2. The molecule has 1 saturated heterocycles. The van der Waals surface area contributed by atoms with E-state index in [0.29, 0.717) is 50.3 Å². The van der Waals surface area contributed by atoms with Gasteiger partial charge < -0.3 is 10.5 Å². The Labute approximate surface area is 271 Å². The number of likely N-dealkylation sites (tertiary alicyclic amines) is 1. The van der Waals surface area contributed by atoms with Gasteiger partial charge in [0.2, 0.25) is 0 Å². The van der Waals surface area contributed by atoms with Gasteiger partial charge in [-0.1, -0.05) is 66.8 Å². The predicted octanol–water partition coefficient (Wildman–Crippen LogP) is 7.45. The summed E-state index contributed by atoms with van der Waals surface area (Å²) in [6.07, 6.45) is 2.23. The fourth-order valence-electron chi connectivity index (χ4n) is 5.37. The molecule has 1 unspecified atom stereocenters. The number of nitrogens with two attached hydrogens (primary N) is 1. The highest BCUT2D eigenvalue weighted by Gasteiger charge is 2.40. The van der Waals surface area contributed by atoms with Gasteiger partial charge in [-0.3, -0.25) is 14.3 Å². The van der Waals surface area contributed by atoms with Crippen molar-refractivity contribution in [2.24, 2.45) is 5.73 Å². The normalized spacial score (nSPS) is 14.8. The molecule has 0 radical (unpaired) electrons.